The van der Waals surface area contributed by atoms with Crippen LogP contribution in [0, 0.1) is 0 Å². The van der Waals surface area contributed by atoms with Crippen molar-refractivity contribution in [3.05, 3.63) is 36.0 Å². The summed E-state index contributed by atoms with van der Waals surface area (Å²) in [6.07, 6.45) is 2.76. The van der Waals surface area contributed by atoms with Gasteiger partial charge in [0.1, 0.15) is 12.1 Å². The first-order valence-corrected chi connectivity index (χ1v) is 10.4. The van der Waals surface area contributed by atoms with Crippen LogP contribution < -0.4 is 27.8 Å². The molecule has 1 heterocycles. The highest BCUT2D eigenvalue weighted by Gasteiger charge is 2.28. The van der Waals surface area contributed by atoms with Gasteiger partial charge in [0.15, 0.2) is 0 Å². The minimum atomic E-state index is -1.21. The molecule has 3 atom stereocenters. The Hall–Kier alpha value is -3.44. The number of carbonyl (C=O) groups excluding carboxylic acids is 3. The number of unbranched alkanes of at least 4 members (excludes halogenated alkanes) is 1. The van der Waals surface area contributed by atoms with E-state index in [0.717, 1.165) is 16.5 Å². The molecule has 3 unspecified atom stereocenters. The van der Waals surface area contributed by atoms with Crippen molar-refractivity contribution in [2.75, 3.05) is 6.54 Å². The lowest BCUT2D eigenvalue weighted by molar-refractivity contribution is -0.142. The molecule has 0 spiro atoms. The van der Waals surface area contributed by atoms with Crippen LogP contribution >= 0.6 is 0 Å². The van der Waals surface area contributed by atoms with Gasteiger partial charge in [-0.05, 0) is 37.4 Å². The van der Waals surface area contributed by atoms with Crippen molar-refractivity contribution in [1.29, 1.82) is 0 Å². The highest BCUT2D eigenvalue weighted by atomic mass is 16.4. The van der Waals surface area contributed by atoms with Gasteiger partial charge in [0, 0.05) is 23.5 Å². The molecule has 0 aliphatic rings. The van der Waals surface area contributed by atoms with Gasteiger partial charge in [-0.25, -0.2) is 4.79 Å². The number of aromatic amines is 1. The third-order valence-corrected chi connectivity index (χ3v) is 5.05. The smallest absolute Gasteiger partial charge is 0.326 e. The van der Waals surface area contributed by atoms with Crippen LogP contribution in [-0.2, 0) is 25.6 Å². The molecule has 0 fully saturated rings. The topological polar surface area (TPSA) is 206 Å². The molecular weight excluding hydrogens is 416 g/mol. The summed E-state index contributed by atoms with van der Waals surface area (Å²) in [5, 5.41) is 15.5. The van der Waals surface area contributed by atoms with E-state index in [1.54, 1.807) is 6.20 Å². The Morgan fingerprint density at radius 3 is 2.38 bits per heavy atom. The third kappa shape index (κ3) is 7.06. The number of hydrogen-bond donors (Lipinski definition) is 7. The number of hydrogen-bond acceptors (Lipinski definition) is 6. The quantitative estimate of drug-likeness (QED) is 0.193. The summed E-state index contributed by atoms with van der Waals surface area (Å²) in [6.45, 7) is 0.405. The number of carboxylic acid groups (broad SMARTS) is 1. The van der Waals surface area contributed by atoms with E-state index in [-0.39, 0.29) is 19.3 Å². The minimum absolute atomic E-state index is 0.0513. The summed E-state index contributed by atoms with van der Waals surface area (Å²) < 4.78 is 0. The predicted molar refractivity (Wildman–Crippen MR) is 118 cm³/mol. The first kappa shape index (κ1) is 24.8. The average molecular weight is 447 g/mol. The highest BCUT2D eigenvalue weighted by Crippen LogP contribution is 2.19. The Balaban J connectivity index is 2.11. The van der Waals surface area contributed by atoms with E-state index < -0.39 is 41.8 Å². The molecule has 3 amide bonds. The zero-order valence-electron chi connectivity index (χ0n) is 17.7. The van der Waals surface area contributed by atoms with E-state index in [0.29, 0.717) is 19.4 Å². The van der Waals surface area contributed by atoms with Crippen LogP contribution in [0.1, 0.15) is 31.2 Å². The molecule has 2 aromatic rings. The van der Waals surface area contributed by atoms with E-state index >= 15 is 0 Å². The lowest BCUT2D eigenvalue weighted by Crippen LogP contribution is -2.55. The van der Waals surface area contributed by atoms with Gasteiger partial charge in [-0.1, -0.05) is 18.2 Å². The van der Waals surface area contributed by atoms with Gasteiger partial charge in [0.25, 0.3) is 0 Å². The number of carbonyl (C=O) groups is 4. The van der Waals surface area contributed by atoms with Crippen molar-refractivity contribution in [2.45, 2.75) is 50.2 Å². The second kappa shape index (κ2) is 11.8. The Morgan fingerprint density at radius 1 is 1.03 bits per heavy atom. The minimum Gasteiger partial charge on any atom is -0.480 e. The third-order valence-electron chi connectivity index (χ3n) is 5.05. The highest BCUT2D eigenvalue weighted by molar-refractivity contribution is 5.93. The first-order chi connectivity index (χ1) is 15.2. The van der Waals surface area contributed by atoms with Crippen molar-refractivity contribution in [3.8, 4) is 0 Å². The van der Waals surface area contributed by atoms with Gasteiger partial charge in [-0.2, -0.15) is 0 Å². The lowest BCUT2D eigenvalue weighted by Gasteiger charge is -2.22. The van der Waals surface area contributed by atoms with Crippen LogP contribution in [0.25, 0.3) is 10.9 Å². The van der Waals surface area contributed by atoms with Crippen molar-refractivity contribution in [2.24, 2.45) is 17.2 Å². The molecule has 2 rings (SSSR count). The van der Waals surface area contributed by atoms with Crippen LogP contribution in [-0.4, -0.2) is 58.5 Å². The average Bonchev–Trinajstić information content (AvgIpc) is 3.14. The second-order valence-corrected chi connectivity index (χ2v) is 7.59. The number of nitrogens with two attached hydrogens (primary N) is 3. The van der Waals surface area contributed by atoms with E-state index in [1.165, 1.54) is 0 Å². The second-order valence-electron chi connectivity index (χ2n) is 7.59. The molecule has 1 aromatic heterocycles. The van der Waals surface area contributed by atoms with E-state index in [1.807, 2.05) is 24.3 Å². The molecule has 0 aliphatic heterocycles. The molecule has 1 aromatic carbocycles. The molecule has 11 nitrogen and oxygen atoms in total. The molecule has 32 heavy (non-hydrogen) atoms. The number of amides is 3. The van der Waals surface area contributed by atoms with Crippen molar-refractivity contribution < 1.29 is 24.3 Å². The van der Waals surface area contributed by atoms with E-state index in [2.05, 4.69) is 15.6 Å². The Bertz CT molecular complexity index is 959. The number of rotatable bonds is 13. The number of nitrogens with one attached hydrogen (secondary N) is 3. The lowest BCUT2D eigenvalue weighted by atomic mass is 10.0. The van der Waals surface area contributed by atoms with Crippen LogP contribution in [0.3, 0.4) is 0 Å². The Kier molecular flexibility index (Phi) is 9.17. The summed E-state index contributed by atoms with van der Waals surface area (Å²) in [6, 6.07) is 3.97. The number of aromatic nitrogens is 1. The summed E-state index contributed by atoms with van der Waals surface area (Å²) in [5.74, 6) is -3.34. The van der Waals surface area contributed by atoms with Crippen LogP contribution in [0.5, 0.6) is 0 Å². The molecule has 174 valence electrons. The number of carboxylic acids is 1. The van der Waals surface area contributed by atoms with Crippen molar-refractivity contribution >= 4 is 34.6 Å². The van der Waals surface area contributed by atoms with E-state index in [4.69, 9.17) is 17.2 Å². The molecule has 10 N–H and O–H groups in total. The zero-order chi connectivity index (χ0) is 23.7. The number of H-pyrrole nitrogens is 1. The molecular formula is C21H30N6O5. The number of aliphatic carboxylic acids is 1. The number of benzene rings is 1. The largest absolute Gasteiger partial charge is 0.480 e. The summed E-state index contributed by atoms with van der Waals surface area (Å²) in [7, 11) is 0. The fourth-order valence-corrected chi connectivity index (χ4v) is 3.34. The number of para-hydroxylation sites is 1. The fraction of sp³-hybridized carbons (Fsp3) is 0.429. The van der Waals surface area contributed by atoms with Gasteiger partial charge in [0.2, 0.25) is 17.7 Å². The maximum atomic E-state index is 12.9. The van der Waals surface area contributed by atoms with Gasteiger partial charge in [0.05, 0.1) is 12.5 Å². The Morgan fingerprint density at radius 2 is 1.72 bits per heavy atom. The molecule has 11 heteroatoms. The maximum absolute atomic E-state index is 12.9. The Labute approximate surface area is 185 Å². The molecule has 0 radical (unpaired) electrons. The zero-order valence-corrected chi connectivity index (χ0v) is 17.7. The van der Waals surface area contributed by atoms with Crippen molar-refractivity contribution in [3.63, 3.8) is 0 Å². The molecule has 0 bridgehead atoms. The summed E-state index contributed by atoms with van der Waals surface area (Å²) >= 11 is 0. The van der Waals surface area contributed by atoms with Crippen LogP contribution in [0.2, 0.25) is 0 Å². The van der Waals surface area contributed by atoms with Crippen LogP contribution in [0.15, 0.2) is 30.5 Å². The maximum Gasteiger partial charge on any atom is 0.326 e. The normalized spacial score (nSPS) is 13.8. The number of fused-ring (bicyclic) bond motifs is 1. The van der Waals surface area contributed by atoms with Crippen LogP contribution in [0.4, 0.5) is 0 Å². The number of primary amides is 1. The van der Waals surface area contributed by atoms with Crippen molar-refractivity contribution in [1.82, 2.24) is 15.6 Å². The SMILES string of the molecule is NCCCCC(NC(=O)C(N)CC(N)=O)C(=O)NC(Cc1c[nH]c2ccccc12)C(=O)O. The molecule has 0 aliphatic carbocycles. The monoisotopic (exact) mass is 446 g/mol. The van der Waals surface area contributed by atoms with Gasteiger partial charge in [-0.3, -0.25) is 14.4 Å². The molecule has 0 saturated carbocycles. The summed E-state index contributed by atoms with van der Waals surface area (Å²) in [4.78, 5) is 51.1. The standard InChI is InChI=1S/C21H30N6O5/c22-8-4-3-7-16(26-19(29)14(23)10-18(24)28)20(30)27-17(21(31)32)9-12-11-25-15-6-2-1-5-13(12)15/h1-2,5-6,11,14,16-17,25H,3-4,7-10,22-23H2,(H2,24,28)(H,26,29)(H,27,30)(H,31,32). The van der Waals surface area contributed by atoms with Gasteiger partial charge >= 0.3 is 5.97 Å². The van der Waals surface area contributed by atoms with Gasteiger partial charge in [-0.15, -0.1) is 0 Å². The van der Waals surface area contributed by atoms with E-state index in [9.17, 15) is 24.3 Å². The molecule has 0 saturated heterocycles. The summed E-state index contributed by atoms with van der Waals surface area (Å²) in [5.41, 5.74) is 17.8. The first-order valence-electron chi connectivity index (χ1n) is 10.4. The van der Waals surface area contributed by atoms with Gasteiger partial charge < -0.3 is 37.9 Å². The fourth-order valence-electron chi connectivity index (χ4n) is 3.34. The predicted octanol–water partition coefficient (Wildman–Crippen LogP) is -0.904.